The zero-order valence-corrected chi connectivity index (χ0v) is 11.2. The van der Waals surface area contributed by atoms with Crippen molar-refractivity contribution in [3.05, 3.63) is 29.8 Å². The van der Waals surface area contributed by atoms with Crippen molar-refractivity contribution < 1.29 is 27.8 Å². The van der Waals surface area contributed by atoms with Crippen molar-refractivity contribution in [2.75, 3.05) is 33.4 Å². The van der Waals surface area contributed by atoms with Gasteiger partial charge in [0.2, 0.25) is 0 Å². The first-order chi connectivity index (χ1) is 9.44. The predicted octanol–water partition coefficient (Wildman–Crippen LogP) is 2.03. The summed E-state index contributed by atoms with van der Waals surface area (Å²) in [5, 5.41) is 8.96. The van der Waals surface area contributed by atoms with Crippen LogP contribution in [0.4, 0.5) is 13.2 Å². The van der Waals surface area contributed by atoms with Crippen LogP contribution in [0.1, 0.15) is 5.56 Å². The number of rotatable bonds is 8. The molecule has 4 nitrogen and oxygen atoms in total. The van der Waals surface area contributed by atoms with Crippen molar-refractivity contribution in [1.82, 2.24) is 4.90 Å². The van der Waals surface area contributed by atoms with Crippen LogP contribution < -0.4 is 4.74 Å². The van der Waals surface area contributed by atoms with Gasteiger partial charge in [-0.25, -0.2) is 0 Å². The van der Waals surface area contributed by atoms with Crippen molar-refractivity contribution in [1.29, 1.82) is 0 Å². The van der Waals surface area contributed by atoms with Crippen molar-refractivity contribution in [3.8, 4) is 5.75 Å². The van der Waals surface area contributed by atoms with Crippen LogP contribution in [0.15, 0.2) is 24.3 Å². The minimum Gasteiger partial charge on any atom is -0.406 e. The lowest BCUT2D eigenvalue weighted by atomic mass is 10.2. The monoisotopic (exact) mass is 293 g/mol. The highest BCUT2D eigenvalue weighted by atomic mass is 19.4. The van der Waals surface area contributed by atoms with Gasteiger partial charge in [0, 0.05) is 26.7 Å². The molecule has 1 N–H and O–H groups in total. The van der Waals surface area contributed by atoms with Crippen LogP contribution in [0.3, 0.4) is 0 Å². The quantitative estimate of drug-likeness (QED) is 0.796. The molecule has 0 aliphatic heterocycles. The fraction of sp³-hybridized carbons (Fsp3) is 0.538. The lowest BCUT2D eigenvalue weighted by molar-refractivity contribution is -0.274. The molecular weight excluding hydrogens is 275 g/mol. The summed E-state index contributed by atoms with van der Waals surface area (Å²) in [6.45, 7) is 2.17. The second-order valence-corrected chi connectivity index (χ2v) is 4.18. The number of alkyl halides is 3. The second-order valence-electron chi connectivity index (χ2n) is 4.18. The Balaban J connectivity index is 2.58. The molecule has 0 saturated carbocycles. The molecular formula is C13H18F3NO3. The minimum atomic E-state index is -4.68. The van der Waals surface area contributed by atoms with E-state index in [1.165, 1.54) is 12.1 Å². The van der Waals surface area contributed by atoms with Gasteiger partial charge >= 0.3 is 6.36 Å². The molecule has 0 aromatic heterocycles. The fourth-order valence-corrected chi connectivity index (χ4v) is 1.69. The van der Waals surface area contributed by atoms with Crippen LogP contribution in [0.25, 0.3) is 0 Å². The molecule has 0 aliphatic carbocycles. The second kappa shape index (κ2) is 8.08. The Bertz CT molecular complexity index is 381. The van der Waals surface area contributed by atoms with Gasteiger partial charge in [-0.3, -0.25) is 4.90 Å². The summed E-state index contributed by atoms with van der Waals surface area (Å²) in [7, 11) is 1.58. The largest absolute Gasteiger partial charge is 0.573 e. The molecule has 114 valence electrons. The molecule has 0 saturated heterocycles. The van der Waals surface area contributed by atoms with E-state index in [1.54, 1.807) is 19.2 Å². The first kappa shape index (κ1) is 16.7. The zero-order valence-electron chi connectivity index (χ0n) is 11.2. The van der Waals surface area contributed by atoms with Gasteiger partial charge in [-0.1, -0.05) is 12.1 Å². The third-order valence-electron chi connectivity index (χ3n) is 2.59. The Morgan fingerprint density at radius 2 is 1.80 bits per heavy atom. The average Bonchev–Trinajstić information content (AvgIpc) is 2.37. The molecule has 0 fully saturated rings. The van der Waals surface area contributed by atoms with Gasteiger partial charge in [0.1, 0.15) is 5.75 Å². The van der Waals surface area contributed by atoms with Crippen LogP contribution >= 0.6 is 0 Å². The molecule has 7 heteroatoms. The molecule has 20 heavy (non-hydrogen) atoms. The van der Waals surface area contributed by atoms with Crippen LogP contribution in [-0.2, 0) is 11.3 Å². The van der Waals surface area contributed by atoms with Gasteiger partial charge in [-0.15, -0.1) is 13.2 Å². The topological polar surface area (TPSA) is 41.9 Å². The molecule has 0 amide bonds. The lowest BCUT2D eigenvalue weighted by Gasteiger charge is -2.21. The maximum absolute atomic E-state index is 12.0. The van der Waals surface area contributed by atoms with E-state index in [4.69, 9.17) is 9.84 Å². The Kier molecular flexibility index (Phi) is 6.77. The van der Waals surface area contributed by atoms with Crippen molar-refractivity contribution >= 4 is 0 Å². The number of nitrogens with zero attached hydrogens (tertiary/aromatic N) is 1. The smallest absolute Gasteiger partial charge is 0.406 e. The number of aliphatic hydroxyl groups excluding tert-OH is 1. The molecule has 0 spiro atoms. The molecule has 1 aromatic carbocycles. The van der Waals surface area contributed by atoms with Crippen molar-refractivity contribution in [2.24, 2.45) is 0 Å². The number of benzene rings is 1. The summed E-state index contributed by atoms with van der Waals surface area (Å²) in [4.78, 5) is 1.95. The van der Waals surface area contributed by atoms with Gasteiger partial charge < -0.3 is 14.6 Å². The summed E-state index contributed by atoms with van der Waals surface area (Å²) in [5.41, 5.74) is 0.837. The lowest BCUT2D eigenvalue weighted by Crippen LogP contribution is -2.29. The number of halogens is 3. The molecule has 1 rings (SSSR count). The molecule has 0 unspecified atom stereocenters. The Hall–Kier alpha value is -1.31. The highest BCUT2D eigenvalue weighted by molar-refractivity contribution is 5.27. The van der Waals surface area contributed by atoms with Gasteiger partial charge in [-0.05, 0) is 17.7 Å². The third kappa shape index (κ3) is 6.74. The van der Waals surface area contributed by atoms with E-state index in [0.29, 0.717) is 26.2 Å². The third-order valence-corrected chi connectivity index (χ3v) is 2.59. The van der Waals surface area contributed by atoms with Crippen LogP contribution in [-0.4, -0.2) is 49.8 Å². The van der Waals surface area contributed by atoms with E-state index >= 15 is 0 Å². The van der Waals surface area contributed by atoms with E-state index in [2.05, 4.69) is 4.74 Å². The minimum absolute atomic E-state index is 0.0129. The first-order valence-electron chi connectivity index (χ1n) is 6.11. The normalized spacial score (nSPS) is 11.9. The van der Waals surface area contributed by atoms with E-state index in [9.17, 15) is 13.2 Å². The van der Waals surface area contributed by atoms with E-state index < -0.39 is 6.36 Å². The summed E-state index contributed by atoms with van der Waals surface area (Å²) in [6.07, 6.45) is -4.68. The standard InChI is InChI=1S/C13H18F3NO3/c1-19-9-7-17(6-8-18)10-11-2-4-12(5-3-11)20-13(14,15)16/h2-5,18H,6-10H2,1H3. The van der Waals surface area contributed by atoms with Gasteiger partial charge in [0.15, 0.2) is 0 Å². The van der Waals surface area contributed by atoms with Crippen molar-refractivity contribution in [2.45, 2.75) is 12.9 Å². The summed E-state index contributed by atoms with van der Waals surface area (Å²) in [5.74, 6) is -0.244. The Morgan fingerprint density at radius 1 is 1.15 bits per heavy atom. The maximum atomic E-state index is 12.0. The number of methoxy groups -OCH3 is 1. The maximum Gasteiger partial charge on any atom is 0.573 e. The Morgan fingerprint density at radius 3 is 2.30 bits per heavy atom. The number of hydrogen-bond donors (Lipinski definition) is 1. The average molecular weight is 293 g/mol. The van der Waals surface area contributed by atoms with Gasteiger partial charge in [0.05, 0.1) is 13.2 Å². The summed E-state index contributed by atoms with van der Waals surface area (Å²) >= 11 is 0. The SMILES string of the molecule is COCCN(CCO)Cc1ccc(OC(F)(F)F)cc1. The molecule has 0 radical (unpaired) electrons. The fourth-order valence-electron chi connectivity index (χ4n) is 1.69. The molecule has 0 bridgehead atoms. The zero-order chi connectivity index (χ0) is 15.0. The molecule has 1 aromatic rings. The molecule has 0 atom stereocenters. The summed E-state index contributed by atoms with van der Waals surface area (Å²) in [6, 6.07) is 5.68. The number of ether oxygens (including phenoxy) is 2. The molecule has 0 heterocycles. The molecule has 0 aliphatic rings. The summed E-state index contributed by atoms with van der Waals surface area (Å²) < 4.78 is 44.8. The predicted molar refractivity (Wildman–Crippen MR) is 67.4 cm³/mol. The first-order valence-corrected chi connectivity index (χ1v) is 6.11. The van der Waals surface area contributed by atoms with E-state index in [-0.39, 0.29) is 12.4 Å². The van der Waals surface area contributed by atoms with Gasteiger partial charge in [0.25, 0.3) is 0 Å². The highest BCUT2D eigenvalue weighted by Gasteiger charge is 2.30. The van der Waals surface area contributed by atoms with Gasteiger partial charge in [-0.2, -0.15) is 0 Å². The number of aliphatic hydroxyl groups is 1. The van der Waals surface area contributed by atoms with Crippen molar-refractivity contribution in [3.63, 3.8) is 0 Å². The van der Waals surface area contributed by atoms with Crippen LogP contribution in [0.2, 0.25) is 0 Å². The van der Waals surface area contributed by atoms with E-state index in [1.807, 2.05) is 4.90 Å². The highest BCUT2D eigenvalue weighted by Crippen LogP contribution is 2.23. The Labute approximate surface area is 115 Å². The van der Waals surface area contributed by atoms with Crippen LogP contribution in [0, 0.1) is 0 Å². The van der Waals surface area contributed by atoms with Crippen LogP contribution in [0.5, 0.6) is 5.75 Å². The van der Waals surface area contributed by atoms with E-state index in [0.717, 1.165) is 5.56 Å². The number of hydrogen-bond acceptors (Lipinski definition) is 4.